The van der Waals surface area contributed by atoms with E-state index >= 15 is 0 Å². The van der Waals surface area contributed by atoms with Gasteiger partial charge in [0.15, 0.2) is 0 Å². The number of rotatable bonds is 2. The Morgan fingerprint density at radius 3 is 2.53 bits per heavy atom. The van der Waals surface area contributed by atoms with E-state index in [1.807, 2.05) is 25.3 Å². The van der Waals surface area contributed by atoms with Gasteiger partial charge in [-0.2, -0.15) is 0 Å². The summed E-state index contributed by atoms with van der Waals surface area (Å²) in [4.78, 5) is 4.36. The summed E-state index contributed by atoms with van der Waals surface area (Å²) in [7, 11) is 0. The summed E-state index contributed by atoms with van der Waals surface area (Å²) < 4.78 is 0. The molecule has 0 saturated carbocycles. The van der Waals surface area contributed by atoms with Gasteiger partial charge in [-0.3, -0.25) is 4.98 Å². The lowest BCUT2D eigenvalue weighted by Gasteiger charge is -2.19. The van der Waals surface area contributed by atoms with E-state index in [1.165, 1.54) is 5.56 Å². The number of pyridine rings is 1. The lowest BCUT2D eigenvalue weighted by Crippen LogP contribution is -2.11. The summed E-state index contributed by atoms with van der Waals surface area (Å²) in [5.74, 6) is 0. The first-order chi connectivity index (χ1) is 6.99. The van der Waals surface area contributed by atoms with Crippen LogP contribution in [-0.2, 0) is 5.41 Å². The molecule has 0 atom stereocenters. The largest absolute Gasteiger partial charge is 0.256 e. The van der Waals surface area contributed by atoms with Gasteiger partial charge in [0.2, 0.25) is 0 Å². The van der Waals surface area contributed by atoms with E-state index in [9.17, 15) is 0 Å². The van der Waals surface area contributed by atoms with Gasteiger partial charge in [-0.15, -0.1) is 0 Å². The fraction of sp³-hybridized carbons (Fsp3) is 0.357. The van der Waals surface area contributed by atoms with Crippen molar-refractivity contribution in [2.24, 2.45) is 0 Å². The van der Waals surface area contributed by atoms with Gasteiger partial charge < -0.3 is 0 Å². The molecule has 0 spiro atoms. The second-order valence-electron chi connectivity index (χ2n) is 4.63. The second kappa shape index (κ2) is 4.43. The van der Waals surface area contributed by atoms with Crippen LogP contribution in [0.15, 0.2) is 37.1 Å². The van der Waals surface area contributed by atoms with Crippen LogP contribution in [0.5, 0.6) is 0 Å². The Morgan fingerprint density at radius 2 is 2.07 bits per heavy atom. The van der Waals surface area contributed by atoms with Crippen LogP contribution < -0.4 is 0 Å². The standard InChI is InChI=1S/C14H19N/c1-6-11(7-2)13-10-12(8-9-15-13)14(3,4)5/h6-10H,1H2,2-5H3/b11-7+. The molecule has 0 aliphatic heterocycles. The molecule has 0 radical (unpaired) electrons. The lowest BCUT2D eigenvalue weighted by atomic mass is 9.87. The molecule has 1 aromatic heterocycles. The summed E-state index contributed by atoms with van der Waals surface area (Å²) in [5, 5.41) is 0. The zero-order chi connectivity index (χ0) is 11.5. The minimum absolute atomic E-state index is 0.164. The first-order valence-corrected chi connectivity index (χ1v) is 5.24. The van der Waals surface area contributed by atoms with Gasteiger partial charge in [-0.1, -0.05) is 39.5 Å². The fourth-order valence-electron chi connectivity index (χ4n) is 1.43. The summed E-state index contributed by atoms with van der Waals surface area (Å²) >= 11 is 0. The predicted molar refractivity (Wildman–Crippen MR) is 66.8 cm³/mol. The van der Waals surface area contributed by atoms with Crippen molar-refractivity contribution in [2.45, 2.75) is 33.1 Å². The quantitative estimate of drug-likeness (QED) is 0.660. The van der Waals surface area contributed by atoms with Crippen molar-refractivity contribution in [3.05, 3.63) is 48.3 Å². The molecular formula is C14H19N. The zero-order valence-corrected chi connectivity index (χ0v) is 10.0. The molecule has 0 aromatic carbocycles. The summed E-state index contributed by atoms with van der Waals surface area (Å²) in [6, 6.07) is 4.21. The number of hydrogen-bond donors (Lipinski definition) is 0. The summed E-state index contributed by atoms with van der Waals surface area (Å²) in [5.41, 5.74) is 3.55. The summed E-state index contributed by atoms with van der Waals surface area (Å²) in [6.07, 6.45) is 5.74. The molecule has 1 aromatic rings. The lowest BCUT2D eigenvalue weighted by molar-refractivity contribution is 0.589. The third-order valence-corrected chi connectivity index (χ3v) is 2.45. The predicted octanol–water partition coefficient (Wildman–Crippen LogP) is 3.97. The van der Waals surface area contributed by atoms with Crippen molar-refractivity contribution < 1.29 is 0 Å². The van der Waals surface area contributed by atoms with Gasteiger partial charge in [0.25, 0.3) is 0 Å². The van der Waals surface area contributed by atoms with Gasteiger partial charge >= 0.3 is 0 Å². The Kier molecular flexibility index (Phi) is 3.46. The molecule has 0 bridgehead atoms. The van der Waals surface area contributed by atoms with Crippen LogP contribution in [0, 0.1) is 0 Å². The van der Waals surface area contributed by atoms with Gasteiger partial charge in [0.1, 0.15) is 0 Å². The van der Waals surface area contributed by atoms with Gasteiger partial charge in [-0.05, 0) is 35.6 Å². The smallest absolute Gasteiger partial charge is 0.0701 e. The molecule has 1 heteroatoms. The van der Waals surface area contributed by atoms with E-state index in [1.54, 1.807) is 0 Å². The Morgan fingerprint density at radius 1 is 1.40 bits per heavy atom. The molecule has 0 amide bonds. The highest BCUT2D eigenvalue weighted by Crippen LogP contribution is 2.24. The number of nitrogens with zero attached hydrogens (tertiary/aromatic N) is 1. The van der Waals surface area contributed by atoms with Crippen LogP contribution in [0.4, 0.5) is 0 Å². The molecule has 1 nitrogen and oxygen atoms in total. The number of aromatic nitrogens is 1. The normalized spacial score (nSPS) is 12.7. The van der Waals surface area contributed by atoms with E-state index in [0.29, 0.717) is 0 Å². The topological polar surface area (TPSA) is 12.9 Å². The molecule has 1 heterocycles. The van der Waals surface area contributed by atoms with Crippen molar-refractivity contribution in [2.75, 3.05) is 0 Å². The van der Waals surface area contributed by atoms with E-state index in [0.717, 1.165) is 11.3 Å². The Balaban J connectivity index is 3.19. The third-order valence-electron chi connectivity index (χ3n) is 2.45. The molecule has 0 unspecified atom stereocenters. The molecule has 0 saturated heterocycles. The van der Waals surface area contributed by atoms with Crippen LogP contribution in [-0.4, -0.2) is 4.98 Å². The van der Waals surface area contributed by atoms with Crippen LogP contribution in [0.25, 0.3) is 5.57 Å². The van der Waals surface area contributed by atoms with Crippen molar-refractivity contribution in [1.82, 2.24) is 4.98 Å². The first kappa shape index (κ1) is 11.7. The van der Waals surface area contributed by atoms with E-state index < -0.39 is 0 Å². The van der Waals surface area contributed by atoms with Crippen LogP contribution >= 0.6 is 0 Å². The highest BCUT2D eigenvalue weighted by Gasteiger charge is 2.14. The second-order valence-corrected chi connectivity index (χ2v) is 4.63. The van der Waals surface area contributed by atoms with Gasteiger partial charge in [0, 0.05) is 6.20 Å². The Bertz CT molecular complexity index is 381. The maximum atomic E-state index is 4.36. The van der Waals surface area contributed by atoms with Crippen LogP contribution in [0.3, 0.4) is 0 Å². The third kappa shape index (κ3) is 2.79. The molecule has 0 aliphatic rings. The van der Waals surface area contributed by atoms with Crippen LogP contribution in [0.1, 0.15) is 39.0 Å². The molecule has 15 heavy (non-hydrogen) atoms. The minimum Gasteiger partial charge on any atom is -0.256 e. The Labute approximate surface area is 92.6 Å². The number of allylic oxidation sites excluding steroid dienone is 3. The van der Waals surface area contributed by atoms with Crippen molar-refractivity contribution >= 4 is 5.57 Å². The monoisotopic (exact) mass is 201 g/mol. The van der Waals surface area contributed by atoms with Gasteiger partial charge in [0.05, 0.1) is 5.69 Å². The van der Waals surface area contributed by atoms with Crippen LogP contribution in [0.2, 0.25) is 0 Å². The minimum atomic E-state index is 0.164. The van der Waals surface area contributed by atoms with Crippen molar-refractivity contribution in [3.63, 3.8) is 0 Å². The molecule has 80 valence electrons. The number of hydrogen-bond acceptors (Lipinski definition) is 1. The Hall–Kier alpha value is -1.37. The maximum absolute atomic E-state index is 4.36. The molecule has 0 N–H and O–H groups in total. The van der Waals surface area contributed by atoms with Crippen molar-refractivity contribution in [1.29, 1.82) is 0 Å². The average Bonchev–Trinajstić information content (AvgIpc) is 2.19. The van der Waals surface area contributed by atoms with Gasteiger partial charge in [-0.25, -0.2) is 0 Å². The average molecular weight is 201 g/mol. The SMILES string of the molecule is C=C/C(=C\C)c1cc(C(C)(C)C)ccn1. The highest BCUT2D eigenvalue weighted by atomic mass is 14.7. The molecule has 0 aliphatic carbocycles. The molecular weight excluding hydrogens is 182 g/mol. The van der Waals surface area contributed by atoms with E-state index in [4.69, 9.17) is 0 Å². The highest BCUT2D eigenvalue weighted by molar-refractivity contribution is 5.71. The van der Waals surface area contributed by atoms with E-state index in [2.05, 4.69) is 44.5 Å². The fourth-order valence-corrected chi connectivity index (χ4v) is 1.43. The zero-order valence-electron chi connectivity index (χ0n) is 10.0. The van der Waals surface area contributed by atoms with E-state index in [-0.39, 0.29) is 5.41 Å². The molecule has 1 rings (SSSR count). The first-order valence-electron chi connectivity index (χ1n) is 5.24. The van der Waals surface area contributed by atoms with Crippen molar-refractivity contribution in [3.8, 4) is 0 Å². The summed E-state index contributed by atoms with van der Waals surface area (Å²) in [6.45, 7) is 12.4. The molecule has 0 fully saturated rings. The maximum Gasteiger partial charge on any atom is 0.0701 e.